The molecule has 0 radical (unpaired) electrons. The number of carbonyl (C=O) groups is 2. The summed E-state index contributed by atoms with van der Waals surface area (Å²) in [6.45, 7) is 12.3. The first-order chi connectivity index (χ1) is 45.8. The SMILES string of the molecule is COC1CC(OC2CCC3(C)C(CCC4(O)C3CC(OC(=O)C=Cc3ccccc3)C3(C)C(O)(C(C)OC(=O)c5cccnc5)CCC43O)C2)OC(C)C1OC1CC(OC)C(OC2CC(OC)C(OC3CC(OC)C(OC4OC(CO)C(O)C(O)C4O)C(C)O3)C(C)O2)C(C)O1. The molecule has 2 aromatic rings. The van der Waals surface area contributed by atoms with Crippen LogP contribution in [0.5, 0.6) is 0 Å². The molecule has 31 atom stereocenters. The summed E-state index contributed by atoms with van der Waals surface area (Å²) < 4.78 is 101. The van der Waals surface area contributed by atoms with E-state index < -0.39 is 193 Å². The van der Waals surface area contributed by atoms with E-state index in [0.29, 0.717) is 44.9 Å². The summed E-state index contributed by atoms with van der Waals surface area (Å²) in [5.74, 6) is -1.93. The van der Waals surface area contributed by atoms with E-state index in [1.807, 2.05) is 51.1 Å². The largest absolute Gasteiger partial charge is 0.458 e. The Balaban J connectivity index is 0.687. The molecule has 26 nitrogen and oxygen atoms in total. The Hall–Kier alpha value is -3.79. The van der Waals surface area contributed by atoms with Gasteiger partial charge in [0.2, 0.25) is 0 Å². The van der Waals surface area contributed by atoms with Crippen molar-refractivity contribution in [1.82, 2.24) is 4.98 Å². The summed E-state index contributed by atoms with van der Waals surface area (Å²) in [6.07, 6.45) is -9.62. The van der Waals surface area contributed by atoms with Gasteiger partial charge in [-0.2, -0.15) is 0 Å². The molecule has 31 unspecified atom stereocenters. The summed E-state index contributed by atoms with van der Waals surface area (Å²) in [5.41, 5.74) is -6.96. The molecule has 9 fully saturated rings. The third-order valence-corrected chi connectivity index (χ3v) is 23.6. The maximum atomic E-state index is 14.0. The van der Waals surface area contributed by atoms with Gasteiger partial charge in [-0.05, 0) is 127 Å². The van der Waals surface area contributed by atoms with Crippen molar-refractivity contribution >= 4 is 18.0 Å². The highest BCUT2D eigenvalue weighted by molar-refractivity contribution is 5.89. The summed E-state index contributed by atoms with van der Waals surface area (Å²) in [6, 6.07) is 12.5. The second-order valence-electron chi connectivity index (χ2n) is 28.7. The van der Waals surface area contributed by atoms with Crippen LogP contribution in [0.3, 0.4) is 0 Å². The van der Waals surface area contributed by atoms with Gasteiger partial charge < -0.3 is 112 Å². The number of carbonyl (C=O) groups excluding carboxylic acids is 2. The van der Waals surface area contributed by atoms with Gasteiger partial charge in [0, 0.05) is 72.6 Å². The van der Waals surface area contributed by atoms with E-state index in [-0.39, 0.29) is 49.7 Å². The van der Waals surface area contributed by atoms with E-state index in [9.17, 15) is 45.3 Å². The van der Waals surface area contributed by atoms with Crippen LogP contribution >= 0.6 is 0 Å². The minimum atomic E-state index is -1.98. The van der Waals surface area contributed by atoms with Crippen LogP contribution in [-0.4, -0.2) is 252 Å². The van der Waals surface area contributed by atoms with Crippen molar-refractivity contribution in [3.63, 3.8) is 0 Å². The molecule has 96 heavy (non-hydrogen) atoms. The molecule has 5 saturated heterocycles. The number of aliphatic hydroxyl groups excluding tert-OH is 4. The number of pyridine rings is 1. The van der Waals surface area contributed by atoms with E-state index in [0.717, 1.165) is 5.56 Å². The maximum Gasteiger partial charge on any atom is 0.340 e. The monoisotopic (exact) mass is 1360 g/mol. The molecule has 538 valence electrons. The number of methoxy groups -OCH3 is 4. The Morgan fingerprint density at radius 2 is 1.16 bits per heavy atom. The lowest BCUT2D eigenvalue weighted by atomic mass is 9.40. The predicted molar refractivity (Wildman–Crippen MR) is 337 cm³/mol. The quantitative estimate of drug-likeness (QED) is 0.0523. The molecule has 4 aliphatic carbocycles. The molecule has 4 saturated carbocycles. The molecule has 6 heterocycles. The number of rotatable bonds is 21. The predicted octanol–water partition coefficient (Wildman–Crippen LogP) is 4.19. The average Bonchev–Trinajstić information content (AvgIpc) is 1.38. The van der Waals surface area contributed by atoms with E-state index in [1.54, 1.807) is 60.3 Å². The van der Waals surface area contributed by atoms with Gasteiger partial charge in [-0.1, -0.05) is 44.2 Å². The first kappa shape index (κ1) is 73.4. The summed E-state index contributed by atoms with van der Waals surface area (Å²) in [4.78, 5) is 31.6. The Bertz CT molecular complexity index is 2920. The highest BCUT2D eigenvalue weighted by atomic mass is 16.8. The summed E-state index contributed by atoms with van der Waals surface area (Å²) in [5, 5.41) is 81.0. The van der Waals surface area contributed by atoms with Crippen LogP contribution in [0.25, 0.3) is 6.08 Å². The smallest absolute Gasteiger partial charge is 0.340 e. The number of hydrogen-bond donors (Lipinski definition) is 7. The molecule has 11 rings (SSSR count). The van der Waals surface area contributed by atoms with Gasteiger partial charge in [-0.3, -0.25) is 4.98 Å². The number of benzene rings is 1. The van der Waals surface area contributed by atoms with Crippen molar-refractivity contribution in [3.05, 3.63) is 72.1 Å². The van der Waals surface area contributed by atoms with Crippen LogP contribution in [-0.2, 0) is 80.6 Å². The lowest BCUT2D eigenvalue weighted by Crippen LogP contribution is -2.79. The van der Waals surface area contributed by atoms with E-state index in [1.165, 1.54) is 25.6 Å². The van der Waals surface area contributed by atoms with Crippen LogP contribution in [0.4, 0.5) is 0 Å². The normalized spacial score (nSPS) is 46.9. The Labute approximate surface area is 561 Å². The molecule has 26 heteroatoms. The van der Waals surface area contributed by atoms with Gasteiger partial charge in [0.15, 0.2) is 31.5 Å². The zero-order chi connectivity index (χ0) is 68.8. The van der Waals surface area contributed by atoms with Crippen LogP contribution in [0, 0.1) is 22.7 Å². The van der Waals surface area contributed by atoms with Crippen molar-refractivity contribution in [3.8, 4) is 0 Å². The molecule has 7 N–H and O–H groups in total. The maximum absolute atomic E-state index is 14.0. The fraction of sp³-hybridized carbons (Fsp3) is 0.786. The van der Waals surface area contributed by atoms with Crippen molar-refractivity contribution < 1.29 is 121 Å². The number of ether oxygens (including phenoxy) is 16. The van der Waals surface area contributed by atoms with Gasteiger partial charge in [0.05, 0.1) is 78.1 Å². The summed E-state index contributed by atoms with van der Waals surface area (Å²) >= 11 is 0. The third kappa shape index (κ3) is 13.9. The fourth-order valence-electron chi connectivity index (χ4n) is 18.0. The summed E-state index contributed by atoms with van der Waals surface area (Å²) in [7, 11) is 6.36. The first-order valence-corrected chi connectivity index (χ1v) is 34.3. The molecule has 0 bridgehead atoms. The van der Waals surface area contributed by atoms with E-state index >= 15 is 0 Å². The zero-order valence-electron chi connectivity index (χ0n) is 57.0. The number of aromatic nitrogens is 1. The molecular formula is C70H103NO25. The van der Waals surface area contributed by atoms with Crippen molar-refractivity contribution in [2.24, 2.45) is 22.7 Å². The highest BCUT2D eigenvalue weighted by Crippen LogP contribution is 2.72. The molecule has 5 aliphatic heterocycles. The lowest BCUT2D eigenvalue weighted by molar-refractivity contribution is -0.359. The Kier molecular flexibility index (Phi) is 23.0. The van der Waals surface area contributed by atoms with E-state index in [2.05, 4.69) is 11.9 Å². The molecule has 1 aromatic carbocycles. The van der Waals surface area contributed by atoms with Crippen LogP contribution in [0.15, 0.2) is 60.9 Å². The van der Waals surface area contributed by atoms with Crippen molar-refractivity contribution in [1.29, 1.82) is 0 Å². The molecule has 0 amide bonds. The highest BCUT2D eigenvalue weighted by Gasteiger charge is 2.82. The van der Waals surface area contributed by atoms with Crippen molar-refractivity contribution in [2.75, 3.05) is 35.0 Å². The van der Waals surface area contributed by atoms with Gasteiger partial charge in [0.1, 0.15) is 72.2 Å². The fourth-order valence-corrected chi connectivity index (χ4v) is 18.0. The average molecular weight is 1360 g/mol. The topological polar surface area (TPSA) is 336 Å². The number of aliphatic hydroxyl groups is 7. The van der Waals surface area contributed by atoms with Crippen molar-refractivity contribution in [2.45, 2.75) is 290 Å². The number of esters is 2. The minimum absolute atomic E-state index is 0.0264. The second kappa shape index (κ2) is 30.0. The van der Waals surface area contributed by atoms with Crippen LogP contribution < -0.4 is 0 Å². The van der Waals surface area contributed by atoms with Crippen LogP contribution in [0.1, 0.15) is 141 Å². The minimum Gasteiger partial charge on any atom is -0.458 e. The molecule has 0 spiro atoms. The first-order valence-electron chi connectivity index (χ1n) is 34.3. The Morgan fingerprint density at radius 1 is 0.625 bits per heavy atom. The molecular weight excluding hydrogens is 1250 g/mol. The van der Waals surface area contributed by atoms with Crippen LogP contribution in [0.2, 0.25) is 0 Å². The van der Waals surface area contributed by atoms with Gasteiger partial charge >= 0.3 is 11.9 Å². The second-order valence-corrected chi connectivity index (χ2v) is 28.7. The molecule has 1 aromatic heterocycles. The Morgan fingerprint density at radius 3 is 1.67 bits per heavy atom. The molecule has 9 aliphatic rings. The lowest BCUT2D eigenvalue weighted by Gasteiger charge is -2.69. The van der Waals surface area contributed by atoms with Gasteiger partial charge in [0.25, 0.3) is 0 Å². The standard InChI is InChI=1S/C70H103NO25/c1-36-60(93-54-30-46(82-9)61(37(2)86-54)94-55-31-47(83-10)62(38(3)87-55)95-56-32-48(84-11)63(39(4)88-56)96-65-59(76)58(75)57(74)49(35-72)91-65)45(81-8)29-53(85-36)90-44-22-23-66(6)43(28-44)21-24-69(79)50(66)33-51(92-52(73)20-19-41-16-13-12-14-17-41)67(7)68(78,25-26-70(67,69)80)40(5)89-64(77)42-18-15-27-71-34-42/h12-20,27,34,36-40,43-51,53-63,65,72,74-76,78-80H,21-26,28-33,35H2,1-11H3. The van der Waals surface area contributed by atoms with Gasteiger partial charge in [-0.25, -0.2) is 9.59 Å². The number of nitrogens with zero attached hydrogens (tertiary/aromatic N) is 1. The zero-order valence-corrected chi connectivity index (χ0v) is 57.0. The van der Waals surface area contributed by atoms with E-state index in [4.69, 9.17) is 75.8 Å². The number of hydrogen-bond acceptors (Lipinski definition) is 26. The third-order valence-electron chi connectivity index (χ3n) is 23.6. The van der Waals surface area contributed by atoms with Gasteiger partial charge in [-0.15, -0.1) is 0 Å². The number of fused-ring (bicyclic) bond motifs is 5.